The van der Waals surface area contributed by atoms with Crippen LogP contribution in [0.25, 0.3) is 0 Å². The summed E-state index contributed by atoms with van der Waals surface area (Å²) in [7, 11) is 0. The molecule has 0 unspecified atom stereocenters. The lowest BCUT2D eigenvalue weighted by Crippen LogP contribution is -2.17. The first-order valence-corrected chi connectivity index (χ1v) is 3.28. The van der Waals surface area contributed by atoms with Crippen molar-refractivity contribution in [2.45, 2.75) is 6.18 Å². The molecule has 0 aliphatic heterocycles. The Morgan fingerprint density at radius 3 is 1.33 bits per heavy atom. The highest BCUT2D eigenvalue weighted by Crippen LogP contribution is 2.37. The number of rotatable bonds is 0. The standard InChI is InChI=1S/C7HF7O/c8-2-1(7(12,13)14)3(9)5(11)6(15)4(2)10/h15H/p-1. The van der Waals surface area contributed by atoms with E-state index in [9.17, 15) is 35.8 Å². The van der Waals surface area contributed by atoms with Crippen molar-refractivity contribution in [2.24, 2.45) is 0 Å². The van der Waals surface area contributed by atoms with Crippen molar-refractivity contribution in [1.29, 1.82) is 0 Å². The maximum absolute atomic E-state index is 12.5. The van der Waals surface area contributed by atoms with Crippen LogP contribution in [0.15, 0.2) is 0 Å². The van der Waals surface area contributed by atoms with Crippen LogP contribution >= 0.6 is 0 Å². The predicted molar refractivity (Wildman–Crippen MR) is 30.7 cm³/mol. The molecule has 0 aromatic heterocycles. The second kappa shape index (κ2) is 3.28. The molecule has 0 aliphatic carbocycles. The number of hydrogen-bond donors (Lipinski definition) is 0. The first kappa shape index (κ1) is 11.6. The minimum atomic E-state index is -5.62. The van der Waals surface area contributed by atoms with Crippen LogP contribution in [0.3, 0.4) is 0 Å². The normalized spacial score (nSPS) is 11.9. The molecular weight excluding hydrogens is 233 g/mol. The molecule has 0 aliphatic rings. The Labute approximate surface area is 77.7 Å². The molecule has 0 radical (unpaired) electrons. The lowest BCUT2D eigenvalue weighted by Gasteiger charge is -2.15. The summed E-state index contributed by atoms with van der Waals surface area (Å²) in [5.74, 6) is -13.1. The minimum absolute atomic E-state index is 2.38. The molecule has 0 atom stereocenters. The van der Waals surface area contributed by atoms with Crippen molar-refractivity contribution in [3.8, 4) is 5.75 Å². The molecular formula is C7F7O-. The molecule has 0 amide bonds. The minimum Gasteiger partial charge on any atom is -0.868 e. The van der Waals surface area contributed by atoms with E-state index in [1.807, 2.05) is 0 Å². The summed E-state index contributed by atoms with van der Waals surface area (Å²) in [4.78, 5) is 0. The van der Waals surface area contributed by atoms with Crippen molar-refractivity contribution in [3.63, 3.8) is 0 Å². The summed E-state index contributed by atoms with van der Waals surface area (Å²) < 4.78 is 85.4. The van der Waals surface area contributed by atoms with Crippen LogP contribution in [0.1, 0.15) is 5.56 Å². The van der Waals surface area contributed by atoms with Gasteiger partial charge in [0.15, 0.2) is 23.3 Å². The van der Waals surface area contributed by atoms with Crippen LogP contribution in [0, 0.1) is 23.3 Å². The molecule has 1 aromatic rings. The molecule has 0 fully saturated rings. The van der Waals surface area contributed by atoms with Gasteiger partial charge in [0, 0.05) is 0 Å². The molecule has 15 heavy (non-hydrogen) atoms. The molecule has 0 N–H and O–H groups in total. The Morgan fingerprint density at radius 1 is 0.733 bits per heavy atom. The topological polar surface area (TPSA) is 23.1 Å². The molecule has 84 valence electrons. The Morgan fingerprint density at radius 2 is 1.07 bits per heavy atom. The van der Waals surface area contributed by atoms with Gasteiger partial charge in [0.25, 0.3) is 0 Å². The van der Waals surface area contributed by atoms with Gasteiger partial charge in [-0.3, -0.25) is 0 Å². The van der Waals surface area contributed by atoms with E-state index in [1.165, 1.54) is 0 Å². The molecule has 1 rings (SSSR count). The highest BCUT2D eigenvalue weighted by Gasteiger charge is 2.41. The van der Waals surface area contributed by atoms with E-state index in [-0.39, 0.29) is 0 Å². The highest BCUT2D eigenvalue weighted by atomic mass is 19.4. The Hall–Kier alpha value is -1.47. The predicted octanol–water partition coefficient (Wildman–Crippen LogP) is 2.34. The number of halogens is 7. The first-order valence-electron chi connectivity index (χ1n) is 3.28. The van der Waals surface area contributed by atoms with Gasteiger partial charge in [0.1, 0.15) is 5.56 Å². The van der Waals surface area contributed by atoms with Crippen LogP contribution in [-0.2, 0) is 6.18 Å². The zero-order valence-corrected chi connectivity index (χ0v) is 6.55. The van der Waals surface area contributed by atoms with Crippen molar-refractivity contribution >= 4 is 0 Å². The van der Waals surface area contributed by atoms with Crippen LogP contribution in [0.5, 0.6) is 5.75 Å². The Bertz CT molecular complexity index is 380. The summed E-state index contributed by atoms with van der Waals surface area (Å²) >= 11 is 0. The van der Waals surface area contributed by atoms with Gasteiger partial charge in [-0.05, 0) is 5.75 Å². The average molecular weight is 233 g/mol. The fourth-order valence-electron chi connectivity index (χ4n) is 0.860. The lowest BCUT2D eigenvalue weighted by molar-refractivity contribution is -0.277. The van der Waals surface area contributed by atoms with Crippen LogP contribution in [0.4, 0.5) is 30.7 Å². The number of benzene rings is 1. The van der Waals surface area contributed by atoms with Gasteiger partial charge in [-0.15, -0.1) is 0 Å². The van der Waals surface area contributed by atoms with Crippen molar-refractivity contribution in [3.05, 3.63) is 28.8 Å². The fourth-order valence-corrected chi connectivity index (χ4v) is 0.860. The summed E-state index contributed by atoms with van der Waals surface area (Å²) in [6, 6.07) is 0. The molecule has 8 heteroatoms. The quantitative estimate of drug-likeness (QED) is 0.498. The number of hydrogen-bond acceptors (Lipinski definition) is 1. The molecule has 0 saturated carbocycles. The lowest BCUT2D eigenvalue weighted by atomic mass is 10.1. The zero-order valence-electron chi connectivity index (χ0n) is 6.55. The fraction of sp³-hybridized carbons (Fsp3) is 0.143. The van der Waals surface area contributed by atoms with Gasteiger partial charge in [-0.2, -0.15) is 13.2 Å². The second-order valence-corrected chi connectivity index (χ2v) is 2.46. The van der Waals surface area contributed by atoms with Crippen molar-refractivity contribution in [1.82, 2.24) is 0 Å². The largest absolute Gasteiger partial charge is 0.868 e. The smallest absolute Gasteiger partial charge is 0.422 e. The van der Waals surface area contributed by atoms with E-state index in [0.717, 1.165) is 0 Å². The van der Waals surface area contributed by atoms with Gasteiger partial charge >= 0.3 is 6.18 Å². The third kappa shape index (κ3) is 1.71. The van der Waals surface area contributed by atoms with Gasteiger partial charge in [-0.1, -0.05) is 0 Å². The van der Waals surface area contributed by atoms with Gasteiger partial charge in [0.05, 0.1) is 0 Å². The van der Waals surface area contributed by atoms with Crippen LogP contribution < -0.4 is 5.11 Å². The van der Waals surface area contributed by atoms with E-state index in [4.69, 9.17) is 0 Å². The SMILES string of the molecule is [O-]c1c(F)c(F)c(C(F)(F)F)c(F)c1F. The summed E-state index contributed by atoms with van der Waals surface area (Å²) in [6.07, 6.45) is -5.62. The van der Waals surface area contributed by atoms with Crippen LogP contribution in [0.2, 0.25) is 0 Å². The van der Waals surface area contributed by atoms with E-state index >= 15 is 0 Å². The van der Waals surface area contributed by atoms with E-state index in [0.29, 0.717) is 0 Å². The van der Waals surface area contributed by atoms with Gasteiger partial charge < -0.3 is 5.11 Å². The molecule has 1 nitrogen and oxygen atoms in total. The molecule has 0 bridgehead atoms. The Balaban J connectivity index is 3.68. The molecule has 0 saturated heterocycles. The summed E-state index contributed by atoms with van der Waals surface area (Å²) in [5, 5.41) is 10.3. The molecule has 0 spiro atoms. The average Bonchev–Trinajstić information content (AvgIpc) is 2.09. The Kier molecular flexibility index (Phi) is 2.54. The summed E-state index contributed by atoms with van der Waals surface area (Å²) in [6.45, 7) is 0. The number of alkyl halides is 3. The maximum Gasteiger partial charge on any atom is 0.422 e. The first-order chi connectivity index (χ1) is 6.68. The van der Waals surface area contributed by atoms with Gasteiger partial charge in [-0.25, -0.2) is 17.6 Å². The highest BCUT2D eigenvalue weighted by molar-refractivity contribution is 5.34. The van der Waals surface area contributed by atoms with Crippen molar-refractivity contribution in [2.75, 3.05) is 0 Å². The third-order valence-electron chi connectivity index (χ3n) is 1.51. The van der Waals surface area contributed by atoms with E-state index < -0.39 is 40.8 Å². The van der Waals surface area contributed by atoms with E-state index in [2.05, 4.69) is 0 Å². The second-order valence-electron chi connectivity index (χ2n) is 2.46. The van der Waals surface area contributed by atoms with Crippen molar-refractivity contribution < 1.29 is 35.8 Å². The maximum atomic E-state index is 12.5. The van der Waals surface area contributed by atoms with Gasteiger partial charge in [0.2, 0.25) is 0 Å². The molecule has 0 heterocycles. The third-order valence-corrected chi connectivity index (χ3v) is 1.51. The molecule has 1 aromatic carbocycles. The van der Waals surface area contributed by atoms with Crippen LogP contribution in [-0.4, -0.2) is 0 Å². The van der Waals surface area contributed by atoms with E-state index in [1.54, 1.807) is 0 Å². The zero-order chi connectivity index (χ0) is 12.0. The monoisotopic (exact) mass is 233 g/mol. The summed E-state index contributed by atoms with van der Waals surface area (Å²) in [5.41, 5.74) is -2.75.